The van der Waals surface area contributed by atoms with E-state index in [-0.39, 0.29) is 11.7 Å². The molecule has 0 saturated heterocycles. The fourth-order valence-electron chi connectivity index (χ4n) is 4.77. The first kappa shape index (κ1) is 27.4. The van der Waals surface area contributed by atoms with E-state index in [0.717, 1.165) is 39.3 Å². The molecule has 0 fully saturated rings. The van der Waals surface area contributed by atoms with Gasteiger partial charge in [-0.05, 0) is 95.1 Å². The Balaban J connectivity index is 1.12. The molecule has 0 spiro atoms. The highest BCUT2D eigenvalue weighted by Gasteiger charge is 2.14. The summed E-state index contributed by atoms with van der Waals surface area (Å²) in [6.45, 7) is 0.341. The summed E-state index contributed by atoms with van der Waals surface area (Å²) in [5.74, 6) is 0.100. The van der Waals surface area contributed by atoms with Gasteiger partial charge in [0.1, 0.15) is 18.2 Å². The van der Waals surface area contributed by atoms with Crippen molar-refractivity contribution in [3.8, 4) is 34.0 Å². The number of nitrogens with one attached hydrogen (secondary N) is 1. The van der Waals surface area contributed by atoms with Gasteiger partial charge in [-0.1, -0.05) is 72.8 Å². The minimum atomic E-state index is -0.305. The molecule has 43 heavy (non-hydrogen) atoms. The number of nitrogens with zero attached hydrogens (tertiary/aromatic N) is 2. The van der Waals surface area contributed by atoms with Crippen LogP contribution in [0.4, 0.5) is 4.39 Å². The topological polar surface area (TPSA) is 55.6 Å². The van der Waals surface area contributed by atoms with Gasteiger partial charge < -0.3 is 9.30 Å². The lowest BCUT2D eigenvalue weighted by Gasteiger charge is -2.15. The van der Waals surface area contributed by atoms with E-state index in [1.165, 1.54) is 12.1 Å². The second-order valence-electron chi connectivity index (χ2n) is 9.90. The third kappa shape index (κ3) is 6.60. The molecule has 0 bridgehead atoms. The van der Waals surface area contributed by atoms with Gasteiger partial charge in [-0.2, -0.15) is 5.10 Å². The molecule has 6 heteroatoms. The summed E-state index contributed by atoms with van der Waals surface area (Å²) in [5, 5.41) is 4.12. The van der Waals surface area contributed by atoms with Crippen LogP contribution in [0.5, 0.6) is 5.75 Å². The van der Waals surface area contributed by atoms with Crippen LogP contribution in [-0.2, 0) is 6.61 Å². The lowest BCUT2D eigenvalue weighted by molar-refractivity contribution is 0.0955. The molecule has 1 heterocycles. The molecule has 1 N–H and O–H groups in total. The molecule has 0 radical (unpaired) electrons. The van der Waals surface area contributed by atoms with Crippen molar-refractivity contribution in [3.63, 3.8) is 0 Å². The first-order chi connectivity index (χ1) is 21.1. The number of hydrogen-bond donors (Lipinski definition) is 1. The summed E-state index contributed by atoms with van der Waals surface area (Å²) in [6.07, 6.45) is 1.58. The predicted octanol–water partition coefficient (Wildman–Crippen LogP) is 8.29. The highest BCUT2D eigenvalue weighted by molar-refractivity contribution is 5.95. The van der Waals surface area contributed by atoms with Gasteiger partial charge in [-0.25, -0.2) is 9.82 Å². The number of aromatic nitrogens is 1. The van der Waals surface area contributed by atoms with E-state index in [1.807, 2.05) is 72.8 Å². The van der Waals surface area contributed by atoms with Crippen LogP contribution in [0.25, 0.3) is 28.2 Å². The van der Waals surface area contributed by atoms with Crippen LogP contribution in [0.3, 0.4) is 0 Å². The number of hydrogen-bond acceptors (Lipinski definition) is 3. The van der Waals surface area contributed by atoms with Gasteiger partial charge in [-0.15, -0.1) is 0 Å². The monoisotopic (exact) mass is 565 g/mol. The van der Waals surface area contributed by atoms with Crippen LogP contribution >= 0.6 is 0 Å². The minimum absolute atomic E-state index is 0.275. The van der Waals surface area contributed by atoms with Crippen molar-refractivity contribution in [3.05, 3.63) is 168 Å². The van der Waals surface area contributed by atoms with Gasteiger partial charge in [0.25, 0.3) is 5.91 Å². The lowest BCUT2D eigenvalue weighted by Crippen LogP contribution is -2.17. The van der Waals surface area contributed by atoms with Crippen molar-refractivity contribution in [1.29, 1.82) is 0 Å². The highest BCUT2D eigenvalue weighted by Crippen LogP contribution is 2.32. The standard InChI is InChI=1S/C37H28FN3O2/c38-32-17-11-28(12-18-32)26-43-34-21-13-27(14-22-34)25-39-40-37(42)31-15-19-33(20-16-31)41-35(29-7-3-1-4-8-29)23-24-36(41)30-9-5-2-6-10-30/h1-25H,26H2,(H,40,42)/b39-25+. The molecule has 1 aromatic heterocycles. The maximum atomic E-state index is 13.1. The van der Waals surface area contributed by atoms with E-state index in [2.05, 4.69) is 51.5 Å². The zero-order chi connectivity index (χ0) is 29.4. The first-order valence-corrected chi connectivity index (χ1v) is 13.9. The Morgan fingerprint density at radius 1 is 0.698 bits per heavy atom. The Kier molecular flexibility index (Phi) is 8.18. The Bertz CT molecular complexity index is 1770. The molecular weight excluding hydrogens is 537 g/mol. The van der Waals surface area contributed by atoms with Crippen LogP contribution < -0.4 is 10.2 Å². The Hall–Kier alpha value is -5.75. The Morgan fingerprint density at radius 2 is 1.28 bits per heavy atom. The molecule has 210 valence electrons. The molecule has 0 atom stereocenters. The van der Waals surface area contributed by atoms with Crippen LogP contribution in [0.2, 0.25) is 0 Å². The largest absolute Gasteiger partial charge is 0.489 e. The number of carbonyl (C=O) groups excluding carboxylic acids is 1. The van der Waals surface area contributed by atoms with Crippen LogP contribution in [0, 0.1) is 5.82 Å². The average molecular weight is 566 g/mol. The fourth-order valence-corrected chi connectivity index (χ4v) is 4.77. The fraction of sp³-hybridized carbons (Fsp3) is 0.0270. The Labute approximate surface area is 249 Å². The van der Waals surface area contributed by atoms with Crippen LogP contribution in [0.1, 0.15) is 21.5 Å². The summed E-state index contributed by atoms with van der Waals surface area (Å²) in [5.41, 5.74) is 10.1. The molecule has 0 aliphatic heterocycles. The van der Waals surface area contributed by atoms with Crippen molar-refractivity contribution < 1.29 is 13.9 Å². The summed E-state index contributed by atoms with van der Waals surface area (Å²) < 4.78 is 21.0. The number of halogens is 1. The van der Waals surface area contributed by atoms with Crippen LogP contribution in [0.15, 0.2) is 151 Å². The second kappa shape index (κ2) is 12.8. The smallest absolute Gasteiger partial charge is 0.271 e. The number of hydrazone groups is 1. The molecular formula is C37H28FN3O2. The molecule has 0 saturated carbocycles. The summed E-state index contributed by atoms with van der Waals surface area (Å²) >= 11 is 0. The number of rotatable bonds is 9. The molecule has 5 aromatic carbocycles. The van der Waals surface area contributed by atoms with Gasteiger partial charge in [0.2, 0.25) is 0 Å². The number of carbonyl (C=O) groups is 1. The summed E-state index contributed by atoms with van der Waals surface area (Å²) in [6, 6.07) is 45.8. The number of benzene rings is 5. The van der Waals surface area contributed by atoms with E-state index in [4.69, 9.17) is 4.74 Å². The first-order valence-electron chi connectivity index (χ1n) is 13.9. The van der Waals surface area contributed by atoms with Crippen molar-refractivity contribution in [2.45, 2.75) is 6.61 Å². The molecule has 1 amide bonds. The van der Waals surface area contributed by atoms with Gasteiger partial charge in [0.15, 0.2) is 0 Å². The highest BCUT2D eigenvalue weighted by atomic mass is 19.1. The quantitative estimate of drug-likeness (QED) is 0.142. The molecule has 6 aromatic rings. The third-order valence-electron chi connectivity index (χ3n) is 6.99. The van der Waals surface area contributed by atoms with E-state index >= 15 is 0 Å². The van der Waals surface area contributed by atoms with Crippen molar-refractivity contribution in [1.82, 2.24) is 9.99 Å². The Morgan fingerprint density at radius 3 is 1.86 bits per heavy atom. The predicted molar refractivity (Wildman–Crippen MR) is 169 cm³/mol. The summed E-state index contributed by atoms with van der Waals surface area (Å²) in [4.78, 5) is 12.8. The molecule has 6 rings (SSSR count). The van der Waals surface area contributed by atoms with E-state index < -0.39 is 0 Å². The van der Waals surface area contributed by atoms with Gasteiger partial charge >= 0.3 is 0 Å². The van der Waals surface area contributed by atoms with Crippen molar-refractivity contribution in [2.75, 3.05) is 0 Å². The van der Waals surface area contributed by atoms with Crippen molar-refractivity contribution in [2.24, 2.45) is 5.10 Å². The zero-order valence-electron chi connectivity index (χ0n) is 23.2. The molecule has 0 aliphatic carbocycles. The van der Waals surface area contributed by atoms with E-state index in [0.29, 0.717) is 17.9 Å². The maximum absolute atomic E-state index is 13.1. The maximum Gasteiger partial charge on any atom is 0.271 e. The zero-order valence-corrected chi connectivity index (χ0v) is 23.2. The molecule has 0 aliphatic rings. The number of ether oxygens (including phenoxy) is 1. The normalized spacial score (nSPS) is 11.0. The second-order valence-corrected chi connectivity index (χ2v) is 9.90. The van der Waals surface area contributed by atoms with Crippen molar-refractivity contribution >= 4 is 12.1 Å². The summed E-state index contributed by atoms with van der Waals surface area (Å²) in [7, 11) is 0. The SMILES string of the molecule is O=C(N/N=C/c1ccc(OCc2ccc(F)cc2)cc1)c1ccc(-n2c(-c3ccccc3)ccc2-c2ccccc2)cc1. The molecule has 5 nitrogen and oxygen atoms in total. The van der Waals surface area contributed by atoms with E-state index in [1.54, 1.807) is 30.5 Å². The third-order valence-corrected chi connectivity index (χ3v) is 6.99. The van der Waals surface area contributed by atoms with E-state index in [9.17, 15) is 9.18 Å². The van der Waals surface area contributed by atoms with Gasteiger partial charge in [0, 0.05) is 11.3 Å². The lowest BCUT2D eigenvalue weighted by atomic mass is 10.1. The van der Waals surface area contributed by atoms with Gasteiger partial charge in [-0.3, -0.25) is 4.79 Å². The average Bonchev–Trinajstić information content (AvgIpc) is 3.51. The number of amides is 1. The van der Waals surface area contributed by atoms with Gasteiger partial charge in [0.05, 0.1) is 17.6 Å². The minimum Gasteiger partial charge on any atom is -0.489 e. The van der Waals surface area contributed by atoms with Crippen LogP contribution in [-0.4, -0.2) is 16.7 Å². The molecule has 0 unspecified atom stereocenters.